The Hall–Kier alpha value is -3.75. The molecule has 2 aromatic carbocycles. The standard InChI is InChI=1S/C25H25N3O4S/c1-15(30)22-13-9-17(33-22)8-11-19(26)23-20(27)12-10-18(24(23)32-2)25(31)28-21(14-29)16-6-4-3-5-7-16/h3-13,21,26,29H,14,27H2,1-2H3,(H,28,31)/b11-8+,26-19?/t21-/m1/s1. The maximum Gasteiger partial charge on any atom is 0.255 e. The van der Waals surface area contributed by atoms with Crippen LogP contribution >= 0.6 is 11.3 Å². The molecule has 0 radical (unpaired) electrons. The number of hydrogen-bond acceptors (Lipinski definition) is 7. The van der Waals surface area contributed by atoms with Crippen molar-refractivity contribution < 1.29 is 19.4 Å². The van der Waals surface area contributed by atoms with Crippen molar-refractivity contribution >= 4 is 40.5 Å². The summed E-state index contributed by atoms with van der Waals surface area (Å²) in [6.07, 6.45) is 3.26. The molecule has 0 aliphatic heterocycles. The molecular weight excluding hydrogens is 438 g/mol. The Morgan fingerprint density at radius 1 is 1.18 bits per heavy atom. The number of amides is 1. The predicted octanol–water partition coefficient (Wildman–Crippen LogP) is 4.09. The molecule has 1 amide bonds. The second kappa shape index (κ2) is 10.7. The Kier molecular flexibility index (Phi) is 7.76. The lowest BCUT2D eigenvalue weighted by Crippen LogP contribution is -2.31. The molecule has 0 fully saturated rings. The van der Waals surface area contributed by atoms with E-state index < -0.39 is 11.9 Å². The second-order valence-corrected chi connectivity index (χ2v) is 8.35. The van der Waals surface area contributed by atoms with Gasteiger partial charge in [0, 0.05) is 10.6 Å². The van der Waals surface area contributed by atoms with Crippen molar-refractivity contribution in [2.45, 2.75) is 13.0 Å². The highest BCUT2D eigenvalue weighted by atomic mass is 32.1. The first-order valence-corrected chi connectivity index (χ1v) is 11.0. The number of rotatable bonds is 9. The number of Topliss-reactive ketones (excluding diaryl/α,β-unsaturated/α-hetero) is 1. The van der Waals surface area contributed by atoms with E-state index in [-0.39, 0.29) is 40.7 Å². The van der Waals surface area contributed by atoms with Crippen molar-refractivity contribution in [3.63, 3.8) is 0 Å². The number of nitrogens with one attached hydrogen (secondary N) is 2. The second-order valence-electron chi connectivity index (χ2n) is 7.24. The normalized spacial score (nSPS) is 11.8. The van der Waals surface area contributed by atoms with Gasteiger partial charge < -0.3 is 26.3 Å². The fourth-order valence-corrected chi connectivity index (χ4v) is 4.11. The van der Waals surface area contributed by atoms with E-state index in [0.717, 1.165) is 10.4 Å². The van der Waals surface area contributed by atoms with Crippen molar-refractivity contribution in [2.75, 3.05) is 19.5 Å². The third-order valence-electron chi connectivity index (χ3n) is 4.99. The summed E-state index contributed by atoms with van der Waals surface area (Å²) in [5.41, 5.74) is 7.72. The van der Waals surface area contributed by atoms with Crippen LogP contribution in [-0.4, -0.2) is 36.2 Å². The van der Waals surface area contributed by atoms with E-state index in [2.05, 4.69) is 5.32 Å². The minimum absolute atomic E-state index is 0.0176. The summed E-state index contributed by atoms with van der Waals surface area (Å²) in [6, 6.07) is 15.1. The Bertz CT molecular complexity index is 1200. The van der Waals surface area contributed by atoms with E-state index in [4.69, 9.17) is 15.9 Å². The number of ether oxygens (including phenoxy) is 1. The molecular formula is C25H25N3O4S. The third-order valence-corrected chi connectivity index (χ3v) is 6.14. The van der Waals surface area contributed by atoms with Gasteiger partial charge in [0.05, 0.1) is 41.5 Å². The first-order chi connectivity index (χ1) is 15.8. The fraction of sp³-hybridized carbons (Fsp3) is 0.160. The van der Waals surface area contributed by atoms with Gasteiger partial charge in [-0.05, 0) is 48.9 Å². The van der Waals surface area contributed by atoms with Crippen LogP contribution in [0, 0.1) is 5.41 Å². The van der Waals surface area contributed by atoms with Crippen molar-refractivity contribution in [1.82, 2.24) is 5.32 Å². The van der Waals surface area contributed by atoms with Crippen molar-refractivity contribution in [3.8, 4) is 5.75 Å². The maximum absolute atomic E-state index is 13.0. The number of aliphatic hydroxyl groups is 1. The maximum atomic E-state index is 13.0. The van der Waals surface area contributed by atoms with Crippen LogP contribution < -0.4 is 15.8 Å². The quantitative estimate of drug-likeness (QED) is 0.216. The third kappa shape index (κ3) is 5.54. The van der Waals surface area contributed by atoms with Crippen LogP contribution in [0.1, 0.15) is 49.0 Å². The fourth-order valence-electron chi connectivity index (χ4n) is 3.30. The molecule has 33 heavy (non-hydrogen) atoms. The highest BCUT2D eigenvalue weighted by molar-refractivity contribution is 7.14. The predicted molar refractivity (Wildman–Crippen MR) is 131 cm³/mol. The number of hydrogen-bond donors (Lipinski definition) is 4. The number of thiophene rings is 1. The zero-order chi connectivity index (χ0) is 24.0. The minimum atomic E-state index is -0.599. The van der Waals surface area contributed by atoms with Gasteiger partial charge in [0.25, 0.3) is 5.91 Å². The summed E-state index contributed by atoms with van der Waals surface area (Å²) in [4.78, 5) is 26.0. The average molecular weight is 464 g/mol. The van der Waals surface area contributed by atoms with Crippen LogP contribution in [0.4, 0.5) is 5.69 Å². The molecule has 3 rings (SSSR count). The van der Waals surface area contributed by atoms with Gasteiger partial charge in [0.15, 0.2) is 5.78 Å². The lowest BCUT2D eigenvalue weighted by molar-refractivity contribution is 0.0912. The number of nitrogen functional groups attached to an aromatic ring is 1. The van der Waals surface area contributed by atoms with E-state index in [1.54, 1.807) is 30.4 Å². The largest absolute Gasteiger partial charge is 0.495 e. The molecule has 0 saturated carbocycles. The Morgan fingerprint density at radius 3 is 2.52 bits per heavy atom. The lowest BCUT2D eigenvalue weighted by atomic mass is 10.0. The highest BCUT2D eigenvalue weighted by Gasteiger charge is 2.22. The summed E-state index contributed by atoms with van der Waals surface area (Å²) < 4.78 is 5.49. The van der Waals surface area contributed by atoms with Crippen LogP contribution in [0.25, 0.3) is 6.08 Å². The lowest BCUT2D eigenvalue weighted by Gasteiger charge is -2.19. The molecule has 1 aromatic heterocycles. The number of carbonyl (C=O) groups excluding carboxylic acids is 2. The summed E-state index contributed by atoms with van der Waals surface area (Å²) in [5.74, 6) is -0.310. The molecule has 0 spiro atoms. The van der Waals surface area contributed by atoms with E-state index >= 15 is 0 Å². The van der Waals surface area contributed by atoms with Crippen LogP contribution in [-0.2, 0) is 0 Å². The molecule has 0 aliphatic rings. The van der Waals surface area contributed by atoms with Gasteiger partial charge in [0.1, 0.15) is 5.75 Å². The molecule has 5 N–H and O–H groups in total. The van der Waals surface area contributed by atoms with Gasteiger partial charge in [-0.15, -0.1) is 11.3 Å². The number of anilines is 1. The number of benzene rings is 2. The molecule has 0 bridgehead atoms. The number of methoxy groups -OCH3 is 1. The molecule has 1 heterocycles. The highest BCUT2D eigenvalue weighted by Crippen LogP contribution is 2.31. The van der Waals surface area contributed by atoms with Crippen molar-refractivity contribution in [3.05, 3.63) is 87.1 Å². The first-order valence-electron chi connectivity index (χ1n) is 10.2. The summed E-state index contributed by atoms with van der Waals surface area (Å²) in [6.45, 7) is 1.23. The molecule has 1 atom stereocenters. The Labute approximate surface area is 196 Å². The van der Waals surface area contributed by atoms with Crippen molar-refractivity contribution in [1.29, 1.82) is 5.41 Å². The molecule has 170 valence electrons. The molecule has 7 nitrogen and oxygen atoms in total. The van der Waals surface area contributed by atoms with E-state index in [0.29, 0.717) is 4.88 Å². The SMILES string of the molecule is COc1c(C(=O)N[C@H](CO)c2ccccc2)ccc(N)c1C(=N)/C=C/c1ccc(C(C)=O)s1. The van der Waals surface area contributed by atoms with E-state index in [1.807, 2.05) is 30.3 Å². The van der Waals surface area contributed by atoms with E-state index in [9.17, 15) is 14.7 Å². The van der Waals surface area contributed by atoms with Gasteiger partial charge in [-0.1, -0.05) is 30.3 Å². The first kappa shape index (κ1) is 23.9. The zero-order valence-corrected chi connectivity index (χ0v) is 19.1. The van der Waals surface area contributed by atoms with Crippen LogP contribution in [0.3, 0.4) is 0 Å². The van der Waals surface area contributed by atoms with Crippen molar-refractivity contribution in [2.24, 2.45) is 0 Å². The van der Waals surface area contributed by atoms with Gasteiger partial charge >= 0.3 is 0 Å². The van der Waals surface area contributed by atoms with Crippen LogP contribution in [0.15, 0.2) is 60.7 Å². The monoisotopic (exact) mass is 463 g/mol. The topological polar surface area (TPSA) is 126 Å². The molecule has 0 unspecified atom stereocenters. The minimum Gasteiger partial charge on any atom is -0.495 e. The number of ketones is 1. The smallest absolute Gasteiger partial charge is 0.255 e. The van der Waals surface area contributed by atoms with Gasteiger partial charge in [-0.2, -0.15) is 0 Å². The number of nitrogens with two attached hydrogens (primary N) is 1. The summed E-state index contributed by atoms with van der Waals surface area (Å²) in [7, 11) is 1.41. The van der Waals surface area contributed by atoms with E-state index in [1.165, 1.54) is 31.4 Å². The summed E-state index contributed by atoms with van der Waals surface area (Å²) in [5, 5.41) is 21.1. The Balaban J connectivity index is 1.89. The van der Waals surface area contributed by atoms with Crippen LogP contribution in [0.5, 0.6) is 5.75 Å². The Morgan fingerprint density at radius 2 is 1.91 bits per heavy atom. The number of carbonyl (C=O) groups is 2. The average Bonchev–Trinajstić information content (AvgIpc) is 3.30. The van der Waals surface area contributed by atoms with Crippen LogP contribution in [0.2, 0.25) is 0 Å². The molecule has 3 aromatic rings. The van der Waals surface area contributed by atoms with Gasteiger partial charge in [-0.25, -0.2) is 0 Å². The molecule has 0 saturated heterocycles. The van der Waals surface area contributed by atoms with Gasteiger partial charge in [-0.3, -0.25) is 9.59 Å². The van der Waals surface area contributed by atoms with Gasteiger partial charge in [0.2, 0.25) is 0 Å². The molecule has 8 heteroatoms. The number of aliphatic hydroxyl groups excluding tert-OH is 1. The molecule has 0 aliphatic carbocycles. The summed E-state index contributed by atoms with van der Waals surface area (Å²) >= 11 is 1.32. The number of allylic oxidation sites excluding steroid dienone is 1. The zero-order valence-electron chi connectivity index (χ0n) is 18.3.